The molecule has 0 aliphatic heterocycles. The van der Waals surface area contributed by atoms with E-state index < -0.39 is 10.7 Å². The molecular weight excluding hydrogens is 295 g/mol. The number of nitrogens with one attached hydrogen (secondary N) is 1. The number of hydrogen-bond donors (Lipinski definition) is 1. The van der Waals surface area contributed by atoms with Gasteiger partial charge in [0.2, 0.25) is 0 Å². The highest BCUT2D eigenvalue weighted by molar-refractivity contribution is 6.30. The summed E-state index contributed by atoms with van der Waals surface area (Å²) in [7, 11) is 0. The summed E-state index contributed by atoms with van der Waals surface area (Å²) < 4.78 is 13.2. The van der Waals surface area contributed by atoms with Gasteiger partial charge >= 0.3 is 0 Å². The molecule has 0 aliphatic carbocycles. The van der Waals surface area contributed by atoms with Crippen molar-refractivity contribution in [3.05, 3.63) is 74.5 Å². The van der Waals surface area contributed by atoms with Crippen LogP contribution in [0.15, 0.2) is 42.5 Å². The number of nitrogens with zero attached hydrogens (tertiary/aromatic N) is 1. The number of benzene rings is 2. The molecule has 0 fully saturated rings. The Balaban J connectivity index is 2.10. The summed E-state index contributed by atoms with van der Waals surface area (Å²) in [6.07, 6.45) is 0. The monoisotopic (exact) mass is 308 g/mol. The minimum atomic E-state index is -0.511. The third-order valence-electron chi connectivity index (χ3n) is 3.21. The summed E-state index contributed by atoms with van der Waals surface area (Å²) in [4.78, 5) is 10.4. The molecule has 1 N–H and O–H groups in total. The molecule has 0 amide bonds. The number of rotatable bonds is 5. The molecule has 1 atom stereocenters. The molecule has 6 heteroatoms. The van der Waals surface area contributed by atoms with Crippen LogP contribution < -0.4 is 5.32 Å². The zero-order valence-electron chi connectivity index (χ0n) is 11.3. The Labute approximate surface area is 126 Å². The second-order valence-electron chi connectivity index (χ2n) is 4.68. The van der Waals surface area contributed by atoms with Crippen LogP contribution in [-0.2, 0) is 6.54 Å². The van der Waals surface area contributed by atoms with Crippen molar-refractivity contribution in [3.8, 4) is 0 Å². The molecule has 2 aromatic carbocycles. The fourth-order valence-electron chi connectivity index (χ4n) is 2.01. The van der Waals surface area contributed by atoms with Crippen molar-refractivity contribution in [1.82, 2.24) is 5.32 Å². The normalized spacial score (nSPS) is 12.1. The molecule has 4 nitrogen and oxygen atoms in total. The lowest BCUT2D eigenvalue weighted by atomic mass is 10.1. The molecule has 0 unspecified atom stereocenters. The van der Waals surface area contributed by atoms with Crippen LogP contribution >= 0.6 is 11.6 Å². The molecule has 0 aromatic heterocycles. The maximum atomic E-state index is 13.2. The minimum absolute atomic E-state index is 0.0369. The van der Waals surface area contributed by atoms with Crippen molar-refractivity contribution in [2.75, 3.05) is 0 Å². The Kier molecular flexibility index (Phi) is 4.88. The van der Waals surface area contributed by atoms with Gasteiger partial charge in [0.15, 0.2) is 0 Å². The van der Waals surface area contributed by atoms with E-state index in [4.69, 9.17) is 11.6 Å². The SMILES string of the molecule is C[C@H](NCc1cc(F)ccc1[N+](=O)[O-])c1ccc(Cl)cc1. The van der Waals surface area contributed by atoms with E-state index in [-0.39, 0.29) is 18.3 Å². The maximum Gasteiger partial charge on any atom is 0.274 e. The molecular formula is C15H14ClFN2O2. The number of halogens is 2. The molecule has 2 rings (SSSR count). The summed E-state index contributed by atoms with van der Waals surface area (Å²) in [5, 5.41) is 14.7. The van der Waals surface area contributed by atoms with Crippen LogP contribution in [0.2, 0.25) is 5.02 Å². The van der Waals surface area contributed by atoms with E-state index in [0.29, 0.717) is 10.6 Å². The van der Waals surface area contributed by atoms with Crippen LogP contribution in [0.1, 0.15) is 24.1 Å². The zero-order chi connectivity index (χ0) is 15.4. The van der Waals surface area contributed by atoms with Crippen molar-refractivity contribution < 1.29 is 9.31 Å². The highest BCUT2D eigenvalue weighted by atomic mass is 35.5. The van der Waals surface area contributed by atoms with Gasteiger partial charge in [-0.3, -0.25) is 10.1 Å². The van der Waals surface area contributed by atoms with Crippen LogP contribution in [0.4, 0.5) is 10.1 Å². The topological polar surface area (TPSA) is 55.2 Å². The van der Waals surface area contributed by atoms with Gasteiger partial charge in [-0.05, 0) is 36.8 Å². The molecule has 0 spiro atoms. The highest BCUT2D eigenvalue weighted by Crippen LogP contribution is 2.21. The first-order valence-electron chi connectivity index (χ1n) is 6.39. The second-order valence-corrected chi connectivity index (χ2v) is 5.12. The fraction of sp³-hybridized carbons (Fsp3) is 0.200. The third kappa shape index (κ3) is 4.00. The van der Waals surface area contributed by atoms with Gasteiger partial charge in [-0.25, -0.2) is 4.39 Å². The third-order valence-corrected chi connectivity index (χ3v) is 3.46. The average Bonchev–Trinajstić information content (AvgIpc) is 2.45. The van der Waals surface area contributed by atoms with Gasteiger partial charge in [-0.2, -0.15) is 0 Å². The molecule has 21 heavy (non-hydrogen) atoms. The smallest absolute Gasteiger partial charge is 0.274 e. The molecule has 0 aliphatic rings. The number of nitro benzene ring substituents is 1. The van der Waals surface area contributed by atoms with E-state index in [9.17, 15) is 14.5 Å². The van der Waals surface area contributed by atoms with Crippen molar-refractivity contribution >= 4 is 17.3 Å². The first-order chi connectivity index (χ1) is 9.97. The molecule has 0 saturated heterocycles. The average molecular weight is 309 g/mol. The lowest BCUT2D eigenvalue weighted by molar-refractivity contribution is -0.385. The largest absolute Gasteiger partial charge is 0.306 e. The predicted octanol–water partition coefficient (Wildman–Crippen LogP) is 4.24. The van der Waals surface area contributed by atoms with E-state index >= 15 is 0 Å². The number of nitro groups is 1. The summed E-state index contributed by atoms with van der Waals surface area (Å²) in [5.41, 5.74) is 1.23. The van der Waals surface area contributed by atoms with Gasteiger partial charge < -0.3 is 5.32 Å². The van der Waals surface area contributed by atoms with E-state index in [1.807, 2.05) is 19.1 Å². The van der Waals surface area contributed by atoms with Gasteiger partial charge in [0.1, 0.15) is 5.82 Å². The van der Waals surface area contributed by atoms with Crippen molar-refractivity contribution in [2.45, 2.75) is 19.5 Å². The van der Waals surface area contributed by atoms with Crippen LogP contribution in [0.5, 0.6) is 0 Å². The van der Waals surface area contributed by atoms with Gasteiger partial charge in [-0.15, -0.1) is 0 Å². The Bertz CT molecular complexity index is 647. The van der Waals surface area contributed by atoms with Crippen LogP contribution in [0.3, 0.4) is 0 Å². The minimum Gasteiger partial charge on any atom is -0.306 e. The first-order valence-corrected chi connectivity index (χ1v) is 6.77. The Morgan fingerprint density at radius 3 is 2.57 bits per heavy atom. The lowest BCUT2D eigenvalue weighted by Crippen LogP contribution is -2.18. The van der Waals surface area contributed by atoms with Gasteiger partial charge in [0, 0.05) is 29.2 Å². The Morgan fingerprint density at radius 1 is 1.29 bits per heavy atom. The molecule has 0 radical (unpaired) electrons. The van der Waals surface area contributed by atoms with Crippen LogP contribution in [-0.4, -0.2) is 4.92 Å². The van der Waals surface area contributed by atoms with Crippen molar-refractivity contribution in [3.63, 3.8) is 0 Å². The Hall–Kier alpha value is -1.98. The van der Waals surface area contributed by atoms with E-state index in [2.05, 4.69) is 5.32 Å². The summed E-state index contributed by atoms with van der Waals surface area (Å²) in [5.74, 6) is -0.489. The van der Waals surface area contributed by atoms with Crippen LogP contribution in [0, 0.1) is 15.9 Å². The van der Waals surface area contributed by atoms with Gasteiger partial charge in [-0.1, -0.05) is 23.7 Å². The summed E-state index contributed by atoms with van der Waals surface area (Å²) >= 11 is 5.83. The van der Waals surface area contributed by atoms with Crippen molar-refractivity contribution in [1.29, 1.82) is 0 Å². The summed E-state index contributed by atoms with van der Waals surface area (Å²) in [6.45, 7) is 2.13. The molecule has 110 valence electrons. The number of hydrogen-bond acceptors (Lipinski definition) is 3. The second kappa shape index (κ2) is 6.65. The van der Waals surface area contributed by atoms with E-state index in [1.165, 1.54) is 12.1 Å². The first kappa shape index (κ1) is 15.4. The molecule has 0 saturated carbocycles. The predicted molar refractivity (Wildman–Crippen MR) is 79.8 cm³/mol. The standard InChI is InChI=1S/C15H14ClFN2O2/c1-10(11-2-4-13(16)5-3-11)18-9-12-8-14(17)6-7-15(12)19(20)21/h2-8,10,18H,9H2,1H3/t10-/m0/s1. The quantitative estimate of drug-likeness (QED) is 0.664. The van der Waals surface area contributed by atoms with Crippen molar-refractivity contribution in [2.24, 2.45) is 0 Å². The maximum absolute atomic E-state index is 13.2. The van der Waals surface area contributed by atoms with Gasteiger partial charge in [0.25, 0.3) is 5.69 Å². The zero-order valence-corrected chi connectivity index (χ0v) is 12.1. The van der Waals surface area contributed by atoms with Gasteiger partial charge in [0.05, 0.1) is 4.92 Å². The van der Waals surface area contributed by atoms with Crippen LogP contribution in [0.25, 0.3) is 0 Å². The fourth-order valence-corrected chi connectivity index (χ4v) is 2.13. The van der Waals surface area contributed by atoms with E-state index in [1.54, 1.807) is 12.1 Å². The van der Waals surface area contributed by atoms with E-state index in [0.717, 1.165) is 11.6 Å². The Morgan fingerprint density at radius 2 is 1.95 bits per heavy atom. The molecule has 2 aromatic rings. The lowest BCUT2D eigenvalue weighted by Gasteiger charge is -2.14. The molecule has 0 heterocycles. The summed E-state index contributed by atoms with van der Waals surface area (Å²) in [6, 6.07) is 10.7. The molecule has 0 bridgehead atoms. The highest BCUT2D eigenvalue weighted by Gasteiger charge is 2.15.